The highest BCUT2D eigenvalue weighted by Gasteiger charge is 2.12. The van der Waals surface area contributed by atoms with E-state index < -0.39 is 11.9 Å². The zero-order valence-corrected chi connectivity index (χ0v) is 21.2. The van der Waals surface area contributed by atoms with E-state index in [1.165, 1.54) is 6.21 Å². The number of hydrogen-bond acceptors (Lipinski definition) is 5. The molecule has 3 aromatic rings. The minimum Gasteiger partial charge on any atom is -0.422 e. The molecule has 33 heavy (non-hydrogen) atoms. The van der Waals surface area contributed by atoms with Gasteiger partial charge in [0.15, 0.2) is 0 Å². The first-order chi connectivity index (χ1) is 15.8. The topological polar surface area (TPSA) is 96.9 Å². The summed E-state index contributed by atoms with van der Waals surface area (Å²) in [4.78, 5) is 36.7. The molecule has 0 saturated carbocycles. The molecular formula is C24H19BrIN3O4. The molecule has 3 rings (SSSR count). The van der Waals surface area contributed by atoms with Gasteiger partial charge in [-0.15, -0.1) is 0 Å². The van der Waals surface area contributed by atoms with Crippen LogP contribution in [0.4, 0.5) is 0 Å². The molecule has 3 aromatic carbocycles. The molecule has 0 aliphatic heterocycles. The number of hydrogen-bond donors (Lipinski definition) is 2. The van der Waals surface area contributed by atoms with Crippen molar-refractivity contribution in [2.24, 2.45) is 5.10 Å². The van der Waals surface area contributed by atoms with Crippen molar-refractivity contribution in [1.29, 1.82) is 0 Å². The Labute approximate surface area is 212 Å². The second kappa shape index (κ2) is 11.7. The standard InChI is InChI=1S/C24H19BrIN3O4/c1-15-6-8-16(9-7-15)24(32)33-21-11-10-18(25)12-17(21)13-28-29-22(30)14-27-23(31)19-4-2-3-5-20(19)26/h2-13H,14H2,1H3,(H,27,31)(H,29,30)/b28-13+. The van der Waals surface area contributed by atoms with Crippen molar-refractivity contribution < 1.29 is 19.1 Å². The number of benzene rings is 3. The summed E-state index contributed by atoms with van der Waals surface area (Å²) in [5.41, 5.74) is 4.77. The largest absolute Gasteiger partial charge is 0.422 e. The lowest BCUT2D eigenvalue weighted by molar-refractivity contribution is -0.120. The number of carbonyl (C=O) groups excluding carboxylic acids is 3. The molecule has 0 aliphatic carbocycles. The zero-order chi connectivity index (χ0) is 23.8. The fraction of sp³-hybridized carbons (Fsp3) is 0.0833. The van der Waals surface area contributed by atoms with Crippen molar-refractivity contribution in [3.05, 3.63) is 97.0 Å². The van der Waals surface area contributed by atoms with E-state index in [0.717, 1.165) is 13.6 Å². The smallest absolute Gasteiger partial charge is 0.343 e. The third-order valence-corrected chi connectivity index (χ3v) is 5.82. The molecular weight excluding hydrogens is 601 g/mol. The van der Waals surface area contributed by atoms with Gasteiger partial charge in [0, 0.05) is 13.6 Å². The zero-order valence-electron chi connectivity index (χ0n) is 17.5. The van der Waals surface area contributed by atoms with Crippen LogP contribution in [0.5, 0.6) is 5.75 Å². The van der Waals surface area contributed by atoms with Crippen LogP contribution in [0.1, 0.15) is 31.8 Å². The van der Waals surface area contributed by atoms with E-state index in [4.69, 9.17) is 4.74 Å². The van der Waals surface area contributed by atoms with Crippen molar-refractivity contribution in [1.82, 2.24) is 10.7 Å². The maximum absolute atomic E-state index is 12.4. The van der Waals surface area contributed by atoms with Crippen molar-refractivity contribution in [3.63, 3.8) is 0 Å². The van der Waals surface area contributed by atoms with Gasteiger partial charge in [0.05, 0.1) is 23.9 Å². The normalized spacial score (nSPS) is 10.6. The number of hydrazone groups is 1. The van der Waals surface area contributed by atoms with E-state index >= 15 is 0 Å². The van der Waals surface area contributed by atoms with Gasteiger partial charge in [-0.3, -0.25) is 9.59 Å². The minimum atomic E-state index is -0.505. The monoisotopic (exact) mass is 619 g/mol. The van der Waals surface area contributed by atoms with Crippen LogP contribution in [-0.4, -0.2) is 30.5 Å². The first kappa shape index (κ1) is 24.6. The lowest BCUT2D eigenvalue weighted by Gasteiger charge is -2.08. The summed E-state index contributed by atoms with van der Waals surface area (Å²) in [6.45, 7) is 1.69. The predicted octanol–water partition coefficient (Wildman–Crippen LogP) is 4.46. The van der Waals surface area contributed by atoms with Crippen LogP contribution >= 0.6 is 38.5 Å². The highest BCUT2D eigenvalue weighted by molar-refractivity contribution is 14.1. The quantitative estimate of drug-likeness (QED) is 0.134. The Bertz CT molecular complexity index is 1210. The van der Waals surface area contributed by atoms with E-state index in [0.29, 0.717) is 16.7 Å². The summed E-state index contributed by atoms with van der Waals surface area (Å²) >= 11 is 5.42. The van der Waals surface area contributed by atoms with E-state index in [9.17, 15) is 14.4 Å². The Morgan fingerprint density at radius 3 is 2.52 bits per heavy atom. The van der Waals surface area contributed by atoms with Gasteiger partial charge in [0.25, 0.3) is 11.8 Å². The lowest BCUT2D eigenvalue weighted by atomic mass is 10.1. The third kappa shape index (κ3) is 7.22. The van der Waals surface area contributed by atoms with Gasteiger partial charge in [-0.1, -0.05) is 45.8 Å². The van der Waals surface area contributed by atoms with Crippen LogP contribution < -0.4 is 15.5 Å². The van der Waals surface area contributed by atoms with Crippen molar-refractivity contribution in [3.8, 4) is 5.75 Å². The summed E-state index contributed by atoms with van der Waals surface area (Å²) in [6.07, 6.45) is 1.36. The molecule has 2 N–H and O–H groups in total. The van der Waals surface area contributed by atoms with Crippen LogP contribution in [0.25, 0.3) is 0 Å². The number of esters is 1. The van der Waals surface area contributed by atoms with Gasteiger partial charge in [-0.2, -0.15) is 5.10 Å². The summed E-state index contributed by atoms with van der Waals surface area (Å²) in [5, 5.41) is 6.46. The molecule has 168 valence electrons. The molecule has 0 aliphatic rings. The maximum Gasteiger partial charge on any atom is 0.343 e. The number of nitrogens with zero attached hydrogens (tertiary/aromatic N) is 1. The molecule has 0 aromatic heterocycles. The third-order valence-electron chi connectivity index (χ3n) is 4.38. The van der Waals surface area contributed by atoms with E-state index in [1.807, 2.05) is 25.1 Å². The van der Waals surface area contributed by atoms with E-state index in [-0.39, 0.29) is 18.2 Å². The summed E-state index contributed by atoms with van der Waals surface area (Å²) in [5.74, 6) is -1.07. The Balaban J connectivity index is 1.60. The Kier molecular flexibility index (Phi) is 8.72. The minimum absolute atomic E-state index is 0.241. The van der Waals surface area contributed by atoms with Gasteiger partial charge in [-0.05, 0) is 72.0 Å². The second-order valence-electron chi connectivity index (χ2n) is 6.89. The van der Waals surface area contributed by atoms with Crippen molar-refractivity contribution in [2.75, 3.05) is 6.54 Å². The molecule has 0 atom stereocenters. The number of halogens is 2. The Morgan fingerprint density at radius 1 is 1.06 bits per heavy atom. The van der Waals surface area contributed by atoms with Gasteiger partial charge < -0.3 is 10.1 Å². The fourth-order valence-corrected chi connectivity index (χ4v) is 3.69. The van der Waals surface area contributed by atoms with Gasteiger partial charge in [0.2, 0.25) is 0 Å². The summed E-state index contributed by atoms with van der Waals surface area (Å²) in [7, 11) is 0. The predicted molar refractivity (Wildman–Crippen MR) is 138 cm³/mol. The molecule has 0 bridgehead atoms. The highest BCUT2D eigenvalue weighted by atomic mass is 127. The number of carbonyl (C=O) groups is 3. The first-order valence-corrected chi connectivity index (χ1v) is 11.6. The number of amides is 2. The summed E-state index contributed by atoms with van der Waals surface area (Å²) in [6, 6.07) is 19.2. The van der Waals surface area contributed by atoms with Gasteiger partial charge in [0.1, 0.15) is 5.75 Å². The van der Waals surface area contributed by atoms with Gasteiger partial charge >= 0.3 is 5.97 Å². The average Bonchev–Trinajstić information content (AvgIpc) is 2.80. The molecule has 0 saturated heterocycles. The average molecular weight is 620 g/mol. The SMILES string of the molecule is Cc1ccc(C(=O)Oc2ccc(Br)cc2/C=N/NC(=O)CNC(=O)c2ccccc2I)cc1. The molecule has 9 heteroatoms. The van der Waals surface area contributed by atoms with E-state index in [1.54, 1.807) is 48.5 Å². The van der Waals surface area contributed by atoms with Crippen LogP contribution in [0.2, 0.25) is 0 Å². The van der Waals surface area contributed by atoms with Gasteiger partial charge in [-0.25, -0.2) is 10.2 Å². The molecule has 0 spiro atoms. The van der Waals surface area contributed by atoms with Crippen LogP contribution in [0.3, 0.4) is 0 Å². The second-order valence-corrected chi connectivity index (χ2v) is 8.97. The maximum atomic E-state index is 12.4. The lowest BCUT2D eigenvalue weighted by Crippen LogP contribution is -2.35. The molecule has 2 amide bonds. The number of rotatable bonds is 7. The van der Waals surface area contributed by atoms with Crippen LogP contribution in [0.15, 0.2) is 76.3 Å². The molecule has 0 fully saturated rings. The van der Waals surface area contributed by atoms with Crippen LogP contribution in [0, 0.1) is 10.5 Å². The molecule has 0 radical (unpaired) electrons. The number of ether oxygens (including phenoxy) is 1. The molecule has 7 nitrogen and oxygen atoms in total. The van der Waals surface area contributed by atoms with Crippen molar-refractivity contribution in [2.45, 2.75) is 6.92 Å². The van der Waals surface area contributed by atoms with E-state index in [2.05, 4.69) is 54.4 Å². The van der Waals surface area contributed by atoms with Crippen molar-refractivity contribution >= 4 is 62.5 Å². The summed E-state index contributed by atoms with van der Waals surface area (Å²) < 4.78 is 7.03. The molecule has 0 unspecified atom stereocenters. The first-order valence-electron chi connectivity index (χ1n) is 9.76. The fourth-order valence-electron chi connectivity index (χ4n) is 2.68. The van der Waals surface area contributed by atoms with Crippen LogP contribution in [-0.2, 0) is 4.79 Å². The Morgan fingerprint density at radius 2 is 1.79 bits per heavy atom. The number of aryl methyl sites for hydroxylation is 1. The molecule has 0 heterocycles. The Hall–Kier alpha value is -3.05. The number of nitrogens with one attached hydrogen (secondary N) is 2. The highest BCUT2D eigenvalue weighted by Crippen LogP contribution is 2.23.